The van der Waals surface area contributed by atoms with E-state index in [1.165, 1.54) is 34.0 Å². The van der Waals surface area contributed by atoms with E-state index in [-0.39, 0.29) is 0 Å². The summed E-state index contributed by atoms with van der Waals surface area (Å²) < 4.78 is 0. The molecule has 0 radical (unpaired) electrons. The van der Waals surface area contributed by atoms with Gasteiger partial charge in [0.2, 0.25) is 0 Å². The molecule has 64 valence electrons. The van der Waals surface area contributed by atoms with Crippen LogP contribution in [0.15, 0.2) is 0 Å². The van der Waals surface area contributed by atoms with Crippen molar-refractivity contribution in [3.05, 3.63) is 0 Å². The predicted octanol–water partition coefficient (Wildman–Crippen LogP) is 3.32. The van der Waals surface area contributed by atoms with Crippen LogP contribution in [0.2, 0.25) is 0 Å². The molecule has 0 aliphatic carbocycles. The molecule has 0 spiro atoms. The maximum absolute atomic E-state index is 2.30. The summed E-state index contributed by atoms with van der Waals surface area (Å²) in [4.78, 5) is 0. The van der Waals surface area contributed by atoms with Gasteiger partial charge in [0.25, 0.3) is 0 Å². The second-order valence-electron chi connectivity index (χ2n) is 2.81. The van der Waals surface area contributed by atoms with Crippen molar-refractivity contribution in [1.29, 1.82) is 0 Å². The zero-order chi connectivity index (χ0) is 7.66. The molecule has 0 saturated carbocycles. The Morgan fingerprint density at radius 1 is 1.10 bits per heavy atom. The summed E-state index contributed by atoms with van der Waals surface area (Å²) in [6.45, 7) is 4.58. The van der Waals surface area contributed by atoms with Gasteiger partial charge in [0.05, 0.1) is 0 Å². The molecule has 0 aromatic rings. The van der Waals surface area contributed by atoms with Crippen LogP contribution in [0.1, 0.15) is 39.5 Å². The van der Waals surface area contributed by atoms with Crippen LogP contribution >= 0.6 is 16.5 Å². The molecule has 0 nitrogen and oxygen atoms in total. The van der Waals surface area contributed by atoms with Gasteiger partial charge in [0, 0.05) is 0 Å². The number of hydrogen-bond acceptors (Lipinski definition) is 0. The van der Waals surface area contributed by atoms with Gasteiger partial charge in [-0.05, 0) is 0 Å². The van der Waals surface area contributed by atoms with E-state index in [2.05, 4.69) is 13.8 Å². The monoisotopic (exact) mass is 180 g/mol. The Balaban J connectivity index is 2.65. The fourth-order valence-corrected chi connectivity index (χ4v) is 5.78. The molecule has 0 bridgehead atoms. The molecule has 0 aromatic heterocycles. The van der Waals surface area contributed by atoms with Gasteiger partial charge in [0.15, 0.2) is 0 Å². The summed E-state index contributed by atoms with van der Waals surface area (Å²) in [6, 6.07) is 0. The quantitative estimate of drug-likeness (QED) is 0.416. The summed E-state index contributed by atoms with van der Waals surface area (Å²) >= 11 is 0. The molecule has 0 aromatic carbocycles. The Morgan fingerprint density at radius 3 is 2.40 bits per heavy atom. The fourth-order valence-electron chi connectivity index (χ4n) is 0.927. The molecule has 0 aliphatic heterocycles. The Morgan fingerprint density at radius 2 is 1.80 bits per heavy atom. The average Bonchev–Trinajstić information content (AvgIpc) is 1.97. The first-order valence-electron chi connectivity index (χ1n) is 4.62. The van der Waals surface area contributed by atoms with Gasteiger partial charge in [-0.2, -0.15) is 0 Å². The summed E-state index contributed by atoms with van der Waals surface area (Å²) in [7, 11) is 1.80. The van der Waals surface area contributed by atoms with Crippen LogP contribution in [0, 0.1) is 0 Å². The van der Waals surface area contributed by atoms with Crippen molar-refractivity contribution < 1.29 is 0 Å². The number of hydrogen-bond donors (Lipinski definition) is 0. The number of rotatable bonds is 7. The normalized spacial score (nSPS) is 11.8. The van der Waals surface area contributed by atoms with Crippen LogP contribution in [0.3, 0.4) is 0 Å². The van der Waals surface area contributed by atoms with Gasteiger partial charge < -0.3 is 0 Å². The average molecular weight is 180 g/mol. The van der Waals surface area contributed by atoms with Crippen LogP contribution in [-0.4, -0.2) is 12.3 Å². The van der Waals surface area contributed by atoms with Gasteiger partial charge in [-0.25, -0.2) is 0 Å². The third-order valence-electron chi connectivity index (χ3n) is 1.66. The fraction of sp³-hybridized carbons (Fsp3) is 1.00. The van der Waals surface area contributed by atoms with Crippen LogP contribution in [0.25, 0.3) is 0 Å². The molecule has 1 unspecified atom stereocenters. The van der Waals surface area contributed by atoms with Gasteiger partial charge >= 0.3 is 68.4 Å². The van der Waals surface area contributed by atoms with Crippen molar-refractivity contribution >= 4 is 16.5 Å². The van der Waals surface area contributed by atoms with Gasteiger partial charge in [-0.3, -0.25) is 0 Å². The Kier molecular flexibility index (Phi) is 10.7. The molecule has 0 aliphatic rings. The van der Waals surface area contributed by atoms with E-state index < -0.39 is 0 Å². The van der Waals surface area contributed by atoms with Crippen LogP contribution < -0.4 is 0 Å². The zero-order valence-electron chi connectivity index (χ0n) is 7.45. The van der Waals surface area contributed by atoms with Crippen LogP contribution in [-0.2, 0) is 0 Å². The summed E-state index contributed by atoms with van der Waals surface area (Å²) in [5.74, 6) is 0. The van der Waals surface area contributed by atoms with Crippen LogP contribution in [0.5, 0.6) is 0 Å². The Bertz CT molecular complexity index is 47.2. The van der Waals surface area contributed by atoms with E-state index >= 15 is 0 Å². The standard InChI is InChI=1S/C8H22P2/c1-3-5-7-9-10-8-6-4-2/h9H,3-8H2,1-2,10H3. The molecule has 10 heavy (non-hydrogen) atoms. The van der Waals surface area contributed by atoms with Crippen molar-refractivity contribution in [3.8, 4) is 0 Å². The molecule has 0 heterocycles. The number of unbranched alkanes of at least 4 members (excludes halogenated alkanes) is 2. The first-order chi connectivity index (χ1) is 4.91. The van der Waals surface area contributed by atoms with Crippen molar-refractivity contribution in [3.63, 3.8) is 0 Å². The van der Waals surface area contributed by atoms with Crippen molar-refractivity contribution in [2.75, 3.05) is 12.3 Å². The molecule has 1 atom stereocenters. The Hall–Kier alpha value is 0.860. The first kappa shape index (κ1) is 10.9. The second-order valence-corrected chi connectivity index (χ2v) is 8.02. The molecule has 0 N–H and O–H groups in total. The summed E-state index contributed by atoms with van der Waals surface area (Å²) in [6.07, 6.45) is 8.95. The van der Waals surface area contributed by atoms with E-state index in [1.54, 1.807) is 12.3 Å². The Labute approximate surface area is 69.0 Å². The molecule has 0 rings (SSSR count). The summed E-state index contributed by atoms with van der Waals surface area (Å²) in [5, 5.41) is 0. The topological polar surface area (TPSA) is 0 Å². The predicted molar refractivity (Wildman–Crippen MR) is 59.0 cm³/mol. The third kappa shape index (κ3) is 8.86. The summed E-state index contributed by atoms with van der Waals surface area (Å²) in [5.41, 5.74) is 0. The molecule has 2 heteroatoms. The van der Waals surface area contributed by atoms with E-state index in [1.807, 2.05) is 0 Å². The molecular formula is C8H22P2. The van der Waals surface area contributed by atoms with Gasteiger partial charge in [0.1, 0.15) is 0 Å². The van der Waals surface area contributed by atoms with Crippen LogP contribution in [0.4, 0.5) is 0 Å². The maximum atomic E-state index is 2.30. The SMILES string of the molecule is CCCCP[PH3]CCCC. The molecule has 0 amide bonds. The minimum absolute atomic E-state index is 0.408. The molecule has 0 fully saturated rings. The molecular weight excluding hydrogens is 158 g/mol. The van der Waals surface area contributed by atoms with Gasteiger partial charge in [-0.1, -0.05) is 0 Å². The third-order valence-corrected chi connectivity index (χ3v) is 6.76. The van der Waals surface area contributed by atoms with E-state index in [0.717, 1.165) is 0 Å². The van der Waals surface area contributed by atoms with Crippen molar-refractivity contribution in [1.82, 2.24) is 0 Å². The second kappa shape index (κ2) is 9.86. The van der Waals surface area contributed by atoms with E-state index in [4.69, 9.17) is 0 Å². The minimum atomic E-state index is 0.408. The zero-order valence-corrected chi connectivity index (χ0v) is 9.86. The van der Waals surface area contributed by atoms with Crippen molar-refractivity contribution in [2.45, 2.75) is 39.5 Å². The van der Waals surface area contributed by atoms with Crippen molar-refractivity contribution in [2.24, 2.45) is 0 Å². The first-order valence-corrected chi connectivity index (χ1v) is 9.16. The van der Waals surface area contributed by atoms with E-state index in [0.29, 0.717) is 8.27 Å². The van der Waals surface area contributed by atoms with Gasteiger partial charge in [-0.15, -0.1) is 0 Å². The molecule has 0 saturated heterocycles. The van der Waals surface area contributed by atoms with E-state index in [9.17, 15) is 0 Å².